The van der Waals surface area contributed by atoms with Crippen LogP contribution in [0, 0.1) is 0 Å². The van der Waals surface area contributed by atoms with Gasteiger partial charge in [-0.05, 0) is 49.4 Å². The number of amides is 1. The number of benzene rings is 2. The van der Waals surface area contributed by atoms with Gasteiger partial charge in [0.1, 0.15) is 5.75 Å². The maximum Gasteiger partial charge on any atom is 0.279 e. The minimum absolute atomic E-state index is 0.156. The van der Waals surface area contributed by atoms with Crippen molar-refractivity contribution < 1.29 is 22.7 Å². The van der Waals surface area contributed by atoms with Crippen molar-refractivity contribution in [2.24, 2.45) is 4.99 Å². The highest BCUT2D eigenvalue weighted by atomic mass is 32.2. The molecule has 1 fully saturated rings. The van der Waals surface area contributed by atoms with E-state index in [4.69, 9.17) is 9.47 Å². The maximum atomic E-state index is 12.8. The summed E-state index contributed by atoms with van der Waals surface area (Å²) in [5.74, 6) is 0.322. The zero-order valence-electron chi connectivity index (χ0n) is 17.3. The predicted octanol–water partition coefficient (Wildman–Crippen LogP) is 2.49. The molecule has 1 aromatic heterocycles. The first kappa shape index (κ1) is 21.7. The third-order valence-electron chi connectivity index (χ3n) is 5.11. The lowest BCUT2D eigenvalue weighted by Crippen LogP contribution is -2.40. The Balaban J connectivity index is 1.64. The molecule has 2 heterocycles. The summed E-state index contributed by atoms with van der Waals surface area (Å²) in [5, 5.41) is 0. The molecule has 2 aromatic carbocycles. The van der Waals surface area contributed by atoms with E-state index in [0.29, 0.717) is 43.2 Å². The molecule has 0 saturated carbocycles. The van der Waals surface area contributed by atoms with Gasteiger partial charge in [-0.3, -0.25) is 4.79 Å². The summed E-state index contributed by atoms with van der Waals surface area (Å²) in [6.07, 6.45) is 0. The molecular weight excluding hydrogens is 438 g/mol. The molecule has 0 bridgehead atoms. The molecule has 1 aliphatic heterocycles. The normalized spacial score (nSPS) is 16.0. The SMILES string of the molecule is CCn1c(=NC(=O)c2ccc(S(=O)(=O)N3CCOCC3)cc2)sc2cc(OC)ccc21. The molecule has 164 valence electrons. The van der Waals surface area contributed by atoms with Gasteiger partial charge >= 0.3 is 0 Å². The smallest absolute Gasteiger partial charge is 0.279 e. The van der Waals surface area contributed by atoms with Crippen molar-refractivity contribution in [2.45, 2.75) is 18.4 Å². The van der Waals surface area contributed by atoms with Gasteiger partial charge in [0.15, 0.2) is 4.80 Å². The molecule has 31 heavy (non-hydrogen) atoms. The van der Waals surface area contributed by atoms with Crippen molar-refractivity contribution in [3.8, 4) is 5.75 Å². The third kappa shape index (κ3) is 4.29. The molecular formula is C21H23N3O5S2. The second-order valence-electron chi connectivity index (χ2n) is 6.92. The topological polar surface area (TPSA) is 90.2 Å². The lowest BCUT2D eigenvalue weighted by atomic mass is 10.2. The molecule has 8 nitrogen and oxygen atoms in total. The van der Waals surface area contributed by atoms with E-state index in [-0.39, 0.29) is 4.90 Å². The highest BCUT2D eigenvalue weighted by Crippen LogP contribution is 2.23. The number of carbonyl (C=O) groups excluding carboxylic acids is 1. The fourth-order valence-corrected chi connectivity index (χ4v) is 5.96. The van der Waals surface area contributed by atoms with Crippen molar-refractivity contribution in [3.05, 3.63) is 52.8 Å². The molecule has 0 N–H and O–H groups in total. The number of hydrogen-bond acceptors (Lipinski definition) is 6. The van der Waals surface area contributed by atoms with E-state index < -0.39 is 15.9 Å². The second-order valence-corrected chi connectivity index (χ2v) is 9.87. The Morgan fingerprint density at radius 1 is 1.16 bits per heavy atom. The number of thiazole rings is 1. The Labute approximate surface area is 184 Å². The number of sulfonamides is 1. The first-order valence-electron chi connectivity index (χ1n) is 9.88. The Kier molecular flexibility index (Phi) is 6.24. The van der Waals surface area contributed by atoms with Crippen LogP contribution in [-0.2, 0) is 21.3 Å². The van der Waals surface area contributed by atoms with Crippen molar-refractivity contribution in [1.29, 1.82) is 0 Å². The largest absolute Gasteiger partial charge is 0.497 e. The fraction of sp³-hybridized carbons (Fsp3) is 0.333. The molecule has 10 heteroatoms. The highest BCUT2D eigenvalue weighted by molar-refractivity contribution is 7.89. The Morgan fingerprint density at radius 3 is 2.52 bits per heavy atom. The van der Waals surface area contributed by atoms with Crippen LogP contribution in [0.3, 0.4) is 0 Å². The molecule has 0 aliphatic carbocycles. The number of methoxy groups -OCH3 is 1. The van der Waals surface area contributed by atoms with Gasteiger partial charge in [0.25, 0.3) is 5.91 Å². The van der Waals surface area contributed by atoms with Gasteiger partial charge in [-0.25, -0.2) is 8.42 Å². The number of aryl methyl sites for hydroxylation is 1. The van der Waals surface area contributed by atoms with Crippen LogP contribution in [0.1, 0.15) is 17.3 Å². The van der Waals surface area contributed by atoms with Crippen molar-refractivity contribution in [1.82, 2.24) is 8.87 Å². The van der Waals surface area contributed by atoms with Crippen molar-refractivity contribution in [3.63, 3.8) is 0 Å². The molecule has 1 aliphatic rings. The number of rotatable bonds is 5. The lowest BCUT2D eigenvalue weighted by molar-refractivity contribution is 0.0730. The Morgan fingerprint density at radius 2 is 1.87 bits per heavy atom. The van der Waals surface area contributed by atoms with E-state index >= 15 is 0 Å². The van der Waals surface area contributed by atoms with Gasteiger partial charge in [0.05, 0.1) is 35.4 Å². The van der Waals surface area contributed by atoms with Gasteiger partial charge in [-0.2, -0.15) is 9.30 Å². The molecule has 0 radical (unpaired) electrons. The first-order chi connectivity index (χ1) is 14.9. The minimum atomic E-state index is -3.60. The number of hydrogen-bond donors (Lipinski definition) is 0. The second kappa shape index (κ2) is 8.91. The lowest BCUT2D eigenvalue weighted by Gasteiger charge is -2.26. The van der Waals surface area contributed by atoms with Crippen LogP contribution in [-0.4, -0.2) is 56.6 Å². The fourth-order valence-electron chi connectivity index (χ4n) is 3.43. The molecule has 0 atom stereocenters. The van der Waals surface area contributed by atoms with E-state index in [1.807, 2.05) is 29.7 Å². The predicted molar refractivity (Wildman–Crippen MR) is 118 cm³/mol. The van der Waals surface area contributed by atoms with Crippen LogP contribution in [0.25, 0.3) is 10.2 Å². The molecule has 0 unspecified atom stereocenters. The van der Waals surface area contributed by atoms with E-state index in [9.17, 15) is 13.2 Å². The number of carbonyl (C=O) groups is 1. The van der Waals surface area contributed by atoms with Crippen LogP contribution < -0.4 is 9.54 Å². The van der Waals surface area contributed by atoms with Gasteiger partial charge in [0, 0.05) is 25.2 Å². The van der Waals surface area contributed by atoms with Gasteiger partial charge in [-0.1, -0.05) is 11.3 Å². The van der Waals surface area contributed by atoms with Crippen LogP contribution >= 0.6 is 11.3 Å². The molecule has 3 aromatic rings. The van der Waals surface area contributed by atoms with Crippen molar-refractivity contribution in [2.75, 3.05) is 33.4 Å². The quantitative estimate of drug-likeness (QED) is 0.582. The summed E-state index contributed by atoms with van der Waals surface area (Å²) in [7, 11) is -1.99. The van der Waals surface area contributed by atoms with E-state index in [1.165, 1.54) is 39.9 Å². The number of ether oxygens (including phenoxy) is 2. The number of fused-ring (bicyclic) bond motifs is 1. The van der Waals surface area contributed by atoms with Crippen LogP contribution in [0.4, 0.5) is 0 Å². The Hall–Kier alpha value is -2.53. The van der Waals surface area contributed by atoms with Crippen LogP contribution in [0.5, 0.6) is 5.75 Å². The number of morpholine rings is 1. The maximum absolute atomic E-state index is 12.8. The van der Waals surface area contributed by atoms with Gasteiger partial charge < -0.3 is 14.0 Å². The van der Waals surface area contributed by atoms with E-state index in [2.05, 4.69) is 4.99 Å². The summed E-state index contributed by atoms with van der Waals surface area (Å²) >= 11 is 1.41. The van der Waals surface area contributed by atoms with Crippen LogP contribution in [0.15, 0.2) is 52.4 Å². The van der Waals surface area contributed by atoms with E-state index in [0.717, 1.165) is 16.0 Å². The minimum Gasteiger partial charge on any atom is -0.497 e. The zero-order chi connectivity index (χ0) is 22.0. The average molecular weight is 462 g/mol. The molecule has 0 spiro atoms. The summed E-state index contributed by atoms with van der Waals surface area (Å²) in [5.41, 5.74) is 1.31. The van der Waals surface area contributed by atoms with Crippen LogP contribution in [0.2, 0.25) is 0 Å². The monoisotopic (exact) mass is 461 g/mol. The highest BCUT2D eigenvalue weighted by Gasteiger charge is 2.26. The first-order valence-corrected chi connectivity index (χ1v) is 12.1. The average Bonchev–Trinajstić information content (AvgIpc) is 3.15. The van der Waals surface area contributed by atoms with Crippen molar-refractivity contribution >= 4 is 37.5 Å². The molecule has 4 rings (SSSR count). The van der Waals surface area contributed by atoms with Gasteiger partial charge in [0.2, 0.25) is 10.0 Å². The van der Waals surface area contributed by atoms with Gasteiger partial charge in [-0.15, -0.1) is 0 Å². The number of aromatic nitrogens is 1. The summed E-state index contributed by atoms with van der Waals surface area (Å²) in [6.45, 7) is 4.07. The Bertz CT molecular complexity index is 1270. The molecule has 1 saturated heterocycles. The summed E-state index contributed by atoms with van der Waals surface area (Å²) in [4.78, 5) is 17.8. The third-order valence-corrected chi connectivity index (χ3v) is 8.07. The zero-order valence-corrected chi connectivity index (χ0v) is 18.9. The summed E-state index contributed by atoms with van der Waals surface area (Å²) < 4.78 is 40.3. The standard InChI is InChI=1S/C21H23N3O5S2/c1-3-24-18-9-6-16(28-2)14-19(18)30-21(24)22-20(25)15-4-7-17(8-5-15)31(26,27)23-10-12-29-13-11-23/h4-9,14H,3,10-13H2,1-2H3. The van der Waals surface area contributed by atoms with E-state index in [1.54, 1.807) is 7.11 Å². The summed E-state index contributed by atoms with van der Waals surface area (Å²) in [6, 6.07) is 11.7. The number of nitrogens with zero attached hydrogens (tertiary/aromatic N) is 3. The molecule has 1 amide bonds.